The van der Waals surface area contributed by atoms with E-state index in [1.165, 1.54) is 7.05 Å². The molecule has 1 atom stereocenters. The number of ether oxygens (including phenoxy) is 2. The van der Waals surface area contributed by atoms with Crippen LogP contribution in [-0.4, -0.2) is 32.7 Å². The second kappa shape index (κ2) is 9.31. The summed E-state index contributed by atoms with van der Waals surface area (Å²) in [5, 5.41) is 7.81. The SMILES string of the molecule is CCOc1ccc(N[C@@H](C(=O)NC(=O)NC)c2ccccc2)cc1OC. The van der Waals surface area contributed by atoms with Crippen molar-refractivity contribution in [3.05, 3.63) is 54.1 Å². The Morgan fingerprint density at radius 3 is 2.42 bits per heavy atom. The highest BCUT2D eigenvalue weighted by Crippen LogP contribution is 2.31. The number of hydrogen-bond donors (Lipinski definition) is 3. The average molecular weight is 357 g/mol. The zero-order valence-electron chi connectivity index (χ0n) is 15.0. The highest BCUT2D eigenvalue weighted by atomic mass is 16.5. The molecule has 3 amide bonds. The van der Waals surface area contributed by atoms with Crippen LogP contribution < -0.4 is 25.4 Å². The van der Waals surface area contributed by atoms with Crippen LogP contribution in [0.1, 0.15) is 18.5 Å². The third-order valence-electron chi connectivity index (χ3n) is 3.63. The molecule has 0 aliphatic heterocycles. The molecule has 0 unspecified atom stereocenters. The Balaban J connectivity index is 2.29. The molecule has 0 aliphatic carbocycles. The minimum absolute atomic E-state index is 0.469. The predicted octanol–water partition coefficient (Wildman–Crippen LogP) is 2.70. The molecule has 0 aromatic heterocycles. The standard InChI is InChI=1S/C19H23N3O4/c1-4-26-15-11-10-14(12-16(15)25-3)21-17(13-8-6-5-7-9-13)18(23)22-19(24)20-2/h5-12,17,21H,4H2,1-3H3,(H2,20,22,23,24)/t17-/m1/s1. The van der Waals surface area contributed by atoms with E-state index in [-0.39, 0.29) is 0 Å². The Kier molecular flexibility index (Phi) is 6.84. The summed E-state index contributed by atoms with van der Waals surface area (Å²) in [7, 11) is 3.00. The molecule has 0 aliphatic rings. The number of nitrogens with one attached hydrogen (secondary N) is 3. The van der Waals surface area contributed by atoms with E-state index in [0.29, 0.717) is 23.8 Å². The van der Waals surface area contributed by atoms with Crippen LogP contribution in [-0.2, 0) is 4.79 Å². The fourth-order valence-electron chi connectivity index (χ4n) is 2.39. The first-order chi connectivity index (χ1) is 12.6. The molecule has 0 radical (unpaired) electrons. The molecule has 138 valence electrons. The number of benzene rings is 2. The summed E-state index contributed by atoms with van der Waals surface area (Å²) in [5.74, 6) is 0.699. The second-order valence-corrected chi connectivity index (χ2v) is 5.36. The number of urea groups is 1. The lowest BCUT2D eigenvalue weighted by Crippen LogP contribution is -2.42. The van der Waals surface area contributed by atoms with Crippen molar-refractivity contribution < 1.29 is 19.1 Å². The highest BCUT2D eigenvalue weighted by Gasteiger charge is 2.22. The van der Waals surface area contributed by atoms with Gasteiger partial charge >= 0.3 is 6.03 Å². The van der Waals surface area contributed by atoms with Gasteiger partial charge in [-0.25, -0.2) is 4.79 Å². The maximum Gasteiger partial charge on any atom is 0.321 e. The van der Waals surface area contributed by atoms with Gasteiger partial charge in [-0.05, 0) is 24.6 Å². The van der Waals surface area contributed by atoms with Crippen molar-refractivity contribution in [2.45, 2.75) is 13.0 Å². The van der Waals surface area contributed by atoms with Crippen LogP contribution in [0.3, 0.4) is 0 Å². The minimum atomic E-state index is -0.754. The van der Waals surface area contributed by atoms with E-state index in [2.05, 4.69) is 16.0 Å². The number of amides is 3. The van der Waals surface area contributed by atoms with Gasteiger partial charge in [-0.2, -0.15) is 0 Å². The number of methoxy groups -OCH3 is 1. The van der Waals surface area contributed by atoms with Crippen molar-refractivity contribution in [1.82, 2.24) is 10.6 Å². The summed E-state index contributed by atoms with van der Waals surface area (Å²) in [6.07, 6.45) is 0. The first-order valence-electron chi connectivity index (χ1n) is 8.24. The van der Waals surface area contributed by atoms with E-state index < -0.39 is 18.0 Å². The van der Waals surface area contributed by atoms with E-state index in [0.717, 1.165) is 5.56 Å². The van der Waals surface area contributed by atoms with Crippen LogP contribution in [0.15, 0.2) is 48.5 Å². The molecule has 0 bridgehead atoms. The van der Waals surface area contributed by atoms with Crippen molar-refractivity contribution in [3.63, 3.8) is 0 Å². The lowest BCUT2D eigenvalue weighted by atomic mass is 10.1. The smallest absolute Gasteiger partial charge is 0.321 e. The quantitative estimate of drug-likeness (QED) is 0.709. The van der Waals surface area contributed by atoms with Gasteiger partial charge in [0.15, 0.2) is 11.5 Å². The topological polar surface area (TPSA) is 88.7 Å². The van der Waals surface area contributed by atoms with E-state index in [9.17, 15) is 9.59 Å². The van der Waals surface area contributed by atoms with Gasteiger partial charge in [0.05, 0.1) is 13.7 Å². The van der Waals surface area contributed by atoms with Crippen molar-refractivity contribution in [2.75, 3.05) is 26.1 Å². The lowest BCUT2D eigenvalue weighted by Gasteiger charge is -2.20. The van der Waals surface area contributed by atoms with Gasteiger partial charge in [0.1, 0.15) is 6.04 Å². The molecular formula is C19H23N3O4. The maximum atomic E-state index is 12.6. The molecular weight excluding hydrogens is 334 g/mol. The van der Waals surface area contributed by atoms with Crippen molar-refractivity contribution in [1.29, 1.82) is 0 Å². The zero-order chi connectivity index (χ0) is 18.9. The zero-order valence-corrected chi connectivity index (χ0v) is 15.0. The van der Waals surface area contributed by atoms with E-state index in [1.807, 2.05) is 37.3 Å². The molecule has 7 heteroatoms. The summed E-state index contributed by atoms with van der Waals surface area (Å²) in [6.45, 7) is 2.41. The largest absolute Gasteiger partial charge is 0.493 e. The Labute approximate surface area is 152 Å². The van der Waals surface area contributed by atoms with Gasteiger partial charge in [-0.15, -0.1) is 0 Å². The fourth-order valence-corrected chi connectivity index (χ4v) is 2.39. The first kappa shape index (κ1) is 19.1. The Morgan fingerprint density at radius 2 is 1.81 bits per heavy atom. The van der Waals surface area contributed by atoms with Crippen LogP contribution in [0.4, 0.5) is 10.5 Å². The normalized spacial score (nSPS) is 11.2. The Morgan fingerprint density at radius 1 is 1.08 bits per heavy atom. The summed E-state index contributed by atoms with van der Waals surface area (Å²) in [4.78, 5) is 24.1. The maximum absolute atomic E-state index is 12.6. The number of imide groups is 1. The lowest BCUT2D eigenvalue weighted by molar-refractivity contribution is -0.120. The van der Waals surface area contributed by atoms with Gasteiger partial charge in [-0.1, -0.05) is 30.3 Å². The van der Waals surface area contributed by atoms with Gasteiger partial charge in [0.2, 0.25) is 0 Å². The minimum Gasteiger partial charge on any atom is -0.493 e. The number of anilines is 1. The van der Waals surface area contributed by atoms with Crippen LogP contribution in [0.2, 0.25) is 0 Å². The molecule has 2 aromatic rings. The molecule has 26 heavy (non-hydrogen) atoms. The van der Waals surface area contributed by atoms with Gasteiger partial charge < -0.3 is 20.1 Å². The van der Waals surface area contributed by atoms with Crippen molar-refractivity contribution in [3.8, 4) is 11.5 Å². The summed E-state index contributed by atoms with van der Waals surface area (Å²) in [5.41, 5.74) is 1.38. The van der Waals surface area contributed by atoms with Crippen LogP contribution >= 0.6 is 0 Å². The monoisotopic (exact) mass is 357 g/mol. The average Bonchev–Trinajstić information content (AvgIpc) is 2.67. The van der Waals surface area contributed by atoms with Crippen molar-refractivity contribution >= 4 is 17.6 Å². The second-order valence-electron chi connectivity index (χ2n) is 5.36. The van der Waals surface area contributed by atoms with E-state index >= 15 is 0 Å². The molecule has 0 saturated carbocycles. The van der Waals surface area contributed by atoms with Gasteiger partial charge in [0, 0.05) is 18.8 Å². The molecule has 0 fully saturated rings. The third kappa shape index (κ3) is 4.89. The van der Waals surface area contributed by atoms with Crippen LogP contribution in [0.25, 0.3) is 0 Å². The van der Waals surface area contributed by atoms with E-state index in [4.69, 9.17) is 9.47 Å². The third-order valence-corrected chi connectivity index (χ3v) is 3.63. The molecule has 3 N–H and O–H groups in total. The number of rotatable bonds is 7. The summed E-state index contributed by atoms with van der Waals surface area (Å²) in [6, 6.07) is 13.1. The highest BCUT2D eigenvalue weighted by molar-refractivity contribution is 5.98. The molecule has 0 spiro atoms. The van der Waals surface area contributed by atoms with Crippen molar-refractivity contribution in [2.24, 2.45) is 0 Å². The first-order valence-corrected chi connectivity index (χ1v) is 8.24. The number of hydrogen-bond acceptors (Lipinski definition) is 5. The van der Waals surface area contributed by atoms with E-state index in [1.54, 1.807) is 25.3 Å². The predicted molar refractivity (Wildman–Crippen MR) is 99.6 cm³/mol. The fraction of sp³-hybridized carbons (Fsp3) is 0.263. The van der Waals surface area contributed by atoms with Crippen LogP contribution in [0.5, 0.6) is 11.5 Å². The molecule has 2 aromatic carbocycles. The molecule has 2 rings (SSSR count). The number of carbonyl (C=O) groups is 2. The summed E-state index contributed by atoms with van der Waals surface area (Å²) >= 11 is 0. The summed E-state index contributed by atoms with van der Waals surface area (Å²) < 4.78 is 10.8. The van der Waals surface area contributed by atoms with Gasteiger partial charge in [0.25, 0.3) is 5.91 Å². The molecule has 0 heterocycles. The number of carbonyl (C=O) groups excluding carboxylic acids is 2. The van der Waals surface area contributed by atoms with Gasteiger partial charge in [-0.3, -0.25) is 10.1 Å². The molecule has 0 saturated heterocycles. The Hall–Kier alpha value is -3.22. The molecule has 7 nitrogen and oxygen atoms in total. The van der Waals surface area contributed by atoms with Crippen LogP contribution in [0, 0.1) is 0 Å². The Bertz CT molecular complexity index is 750.